The van der Waals surface area contributed by atoms with E-state index in [1.807, 2.05) is 0 Å². The molecule has 76 valence electrons. The lowest BCUT2D eigenvalue weighted by Crippen LogP contribution is -2.01. The largest absolute Gasteiger partial charge is 0.478 e. The van der Waals surface area contributed by atoms with Crippen molar-refractivity contribution >= 4 is 5.97 Å². The molecule has 2 bridgehead atoms. The van der Waals surface area contributed by atoms with E-state index in [1.165, 1.54) is 12.8 Å². The Hall–Kier alpha value is -1.31. The van der Waals surface area contributed by atoms with Gasteiger partial charge in [0, 0.05) is 6.08 Å². The monoisotopic (exact) mass is 192 g/mol. The van der Waals surface area contributed by atoms with Crippen LogP contribution in [0.15, 0.2) is 37.5 Å². The van der Waals surface area contributed by atoms with Crippen LogP contribution in [0.4, 0.5) is 0 Å². The fraction of sp³-hybridized carbons (Fsp3) is 0.417. The van der Waals surface area contributed by atoms with Crippen molar-refractivity contribution in [2.75, 3.05) is 0 Å². The van der Waals surface area contributed by atoms with Crippen LogP contribution < -0.4 is 0 Å². The van der Waals surface area contributed by atoms with Gasteiger partial charge in [-0.1, -0.05) is 24.8 Å². The van der Waals surface area contributed by atoms with Crippen LogP contribution in [0, 0.1) is 17.8 Å². The molecule has 0 aliphatic heterocycles. The predicted octanol–water partition coefficient (Wildman–Crippen LogP) is 2.64. The molecule has 2 heteroatoms. The van der Waals surface area contributed by atoms with Gasteiger partial charge < -0.3 is 5.11 Å². The number of rotatable bonds is 2. The molecule has 2 nitrogen and oxygen atoms in total. The number of aliphatic carboxylic acids is 1. The van der Waals surface area contributed by atoms with Gasteiger partial charge in [0.05, 0.1) is 0 Å². The maximum Gasteiger partial charge on any atom is 0.327 e. The Labute approximate surface area is 84.6 Å². The van der Waals surface area contributed by atoms with Crippen LogP contribution >= 0.6 is 0 Å². The van der Waals surface area contributed by atoms with Gasteiger partial charge in [0.15, 0.2) is 0 Å². The summed E-state index contributed by atoms with van der Waals surface area (Å²) in [7, 11) is 0. The molecule has 0 aromatic rings. The Balaban J connectivity index is 0.000000171. The van der Waals surface area contributed by atoms with Gasteiger partial charge in [-0.15, -0.1) is 6.58 Å². The molecule has 3 unspecified atom stereocenters. The van der Waals surface area contributed by atoms with Crippen molar-refractivity contribution < 1.29 is 9.90 Å². The molecule has 0 amide bonds. The third-order valence-electron chi connectivity index (χ3n) is 2.81. The first kappa shape index (κ1) is 10.8. The first-order chi connectivity index (χ1) is 6.67. The third-order valence-corrected chi connectivity index (χ3v) is 2.81. The first-order valence-electron chi connectivity index (χ1n) is 4.83. The van der Waals surface area contributed by atoms with Gasteiger partial charge in [-0.25, -0.2) is 4.79 Å². The molecule has 2 aliphatic carbocycles. The molecule has 0 spiro atoms. The molecule has 0 aromatic carbocycles. The van der Waals surface area contributed by atoms with Crippen molar-refractivity contribution in [2.24, 2.45) is 17.8 Å². The van der Waals surface area contributed by atoms with Crippen LogP contribution in [-0.4, -0.2) is 11.1 Å². The van der Waals surface area contributed by atoms with Crippen LogP contribution in [0.5, 0.6) is 0 Å². The first-order valence-corrected chi connectivity index (χ1v) is 4.83. The van der Waals surface area contributed by atoms with Crippen molar-refractivity contribution in [1.29, 1.82) is 0 Å². The van der Waals surface area contributed by atoms with Crippen molar-refractivity contribution in [3.05, 3.63) is 37.5 Å². The molecule has 3 atom stereocenters. The predicted molar refractivity (Wildman–Crippen MR) is 56.9 cm³/mol. The minimum atomic E-state index is -0.981. The Morgan fingerprint density at radius 3 is 2.21 bits per heavy atom. The normalized spacial score (nSPS) is 31.9. The van der Waals surface area contributed by atoms with E-state index >= 15 is 0 Å². The molecule has 14 heavy (non-hydrogen) atoms. The van der Waals surface area contributed by atoms with Crippen LogP contribution in [0.1, 0.15) is 12.8 Å². The zero-order valence-corrected chi connectivity index (χ0v) is 8.23. The van der Waals surface area contributed by atoms with Gasteiger partial charge in [0.2, 0.25) is 0 Å². The highest BCUT2D eigenvalue weighted by atomic mass is 16.4. The van der Waals surface area contributed by atoms with Gasteiger partial charge in [0.25, 0.3) is 0 Å². The van der Waals surface area contributed by atoms with Crippen molar-refractivity contribution in [3.8, 4) is 0 Å². The zero-order valence-electron chi connectivity index (χ0n) is 8.23. The maximum atomic E-state index is 9.25. The van der Waals surface area contributed by atoms with E-state index < -0.39 is 5.97 Å². The number of carbonyl (C=O) groups is 1. The average molecular weight is 192 g/mol. The van der Waals surface area contributed by atoms with Gasteiger partial charge in [0.1, 0.15) is 0 Å². The summed E-state index contributed by atoms with van der Waals surface area (Å²) in [6.45, 7) is 6.79. The number of carboxylic acids is 1. The molecule has 1 fully saturated rings. The number of carboxylic acid groups (broad SMARTS) is 1. The molecule has 2 aliphatic rings. The molecule has 0 saturated heterocycles. The summed E-state index contributed by atoms with van der Waals surface area (Å²) in [5.41, 5.74) is 0. The number of fused-ring (bicyclic) bond motifs is 2. The standard InChI is InChI=1S/C9H12.C3H4O2/c1-2-8-5-7-3-4-9(8)6-7;1-2-3(4)5/h2-4,7-9H,1,5-6H2;2H,1H2,(H,4,5). The summed E-state index contributed by atoms with van der Waals surface area (Å²) in [6.07, 6.45) is 10.4. The molecular formula is C12H16O2. The number of hydrogen-bond donors (Lipinski definition) is 1. The molecule has 1 N–H and O–H groups in total. The molecule has 2 rings (SSSR count). The minimum absolute atomic E-state index is 0.806. The van der Waals surface area contributed by atoms with Crippen molar-refractivity contribution in [2.45, 2.75) is 12.8 Å². The lowest BCUT2D eigenvalue weighted by Gasteiger charge is -2.11. The lowest BCUT2D eigenvalue weighted by molar-refractivity contribution is -0.131. The smallest absolute Gasteiger partial charge is 0.327 e. The highest BCUT2D eigenvalue weighted by molar-refractivity contribution is 5.78. The SMILES string of the molecule is C=CC(=O)O.C=CC1CC2C=CC1C2. The van der Waals surface area contributed by atoms with Crippen LogP contribution in [-0.2, 0) is 4.79 Å². The molecule has 0 radical (unpaired) electrons. The Morgan fingerprint density at radius 1 is 1.36 bits per heavy atom. The molecular weight excluding hydrogens is 176 g/mol. The van der Waals surface area contributed by atoms with Crippen LogP contribution in [0.3, 0.4) is 0 Å². The second-order valence-electron chi connectivity index (χ2n) is 3.72. The zero-order chi connectivity index (χ0) is 10.6. The Morgan fingerprint density at radius 2 is 2.00 bits per heavy atom. The topological polar surface area (TPSA) is 37.3 Å². The number of allylic oxidation sites excluding steroid dienone is 3. The van der Waals surface area contributed by atoms with Crippen molar-refractivity contribution in [3.63, 3.8) is 0 Å². The summed E-state index contributed by atoms with van der Waals surface area (Å²) >= 11 is 0. The van der Waals surface area contributed by atoms with Gasteiger partial charge in [-0.3, -0.25) is 0 Å². The summed E-state index contributed by atoms with van der Waals surface area (Å²) in [6, 6.07) is 0. The van der Waals surface area contributed by atoms with Crippen LogP contribution in [0.25, 0.3) is 0 Å². The highest BCUT2D eigenvalue weighted by Crippen LogP contribution is 2.43. The van der Waals surface area contributed by atoms with E-state index in [4.69, 9.17) is 5.11 Å². The van der Waals surface area contributed by atoms with E-state index in [0.717, 1.165) is 23.8 Å². The summed E-state index contributed by atoms with van der Waals surface area (Å²) in [5.74, 6) is 1.58. The molecule has 1 saturated carbocycles. The van der Waals surface area contributed by atoms with E-state index in [9.17, 15) is 4.79 Å². The van der Waals surface area contributed by atoms with E-state index in [0.29, 0.717) is 0 Å². The third kappa shape index (κ3) is 2.59. The lowest BCUT2D eigenvalue weighted by atomic mass is 9.94. The Kier molecular flexibility index (Phi) is 3.69. The van der Waals surface area contributed by atoms with Crippen molar-refractivity contribution in [1.82, 2.24) is 0 Å². The van der Waals surface area contributed by atoms with E-state index in [1.54, 1.807) is 0 Å². The molecule has 0 heterocycles. The van der Waals surface area contributed by atoms with Gasteiger partial charge >= 0.3 is 5.97 Å². The van der Waals surface area contributed by atoms with Gasteiger partial charge in [-0.2, -0.15) is 0 Å². The fourth-order valence-corrected chi connectivity index (χ4v) is 2.09. The van der Waals surface area contributed by atoms with E-state index in [2.05, 4.69) is 31.4 Å². The van der Waals surface area contributed by atoms with E-state index in [-0.39, 0.29) is 0 Å². The fourth-order valence-electron chi connectivity index (χ4n) is 2.09. The molecule has 0 aromatic heterocycles. The number of hydrogen-bond acceptors (Lipinski definition) is 1. The Bertz CT molecular complexity index is 265. The minimum Gasteiger partial charge on any atom is -0.478 e. The summed E-state index contributed by atoms with van der Waals surface area (Å²) in [4.78, 5) is 9.25. The van der Waals surface area contributed by atoms with Crippen LogP contribution in [0.2, 0.25) is 0 Å². The quantitative estimate of drug-likeness (QED) is 0.539. The average Bonchev–Trinajstić information content (AvgIpc) is 2.79. The second kappa shape index (κ2) is 4.80. The summed E-state index contributed by atoms with van der Waals surface area (Å²) in [5, 5.41) is 7.60. The summed E-state index contributed by atoms with van der Waals surface area (Å²) < 4.78 is 0. The van der Waals surface area contributed by atoms with Gasteiger partial charge in [-0.05, 0) is 30.6 Å². The second-order valence-corrected chi connectivity index (χ2v) is 3.72. The highest BCUT2D eigenvalue weighted by Gasteiger charge is 2.33. The maximum absolute atomic E-state index is 9.25.